The summed E-state index contributed by atoms with van der Waals surface area (Å²) >= 11 is 0. The molecule has 0 amide bonds. The zero-order valence-corrected chi connectivity index (χ0v) is 14.5. The van der Waals surface area contributed by atoms with Gasteiger partial charge in [-0.25, -0.2) is 0 Å². The van der Waals surface area contributed by atoms with Gasteiger partial charge in [-0.3, -0.25) is 18.0 Å². The van der Waals surface area contributed by atoms with Crippen molar-refractivity contribution in [3.05, 3.63) is 24.7 Å². The normalized spacial score (nSPS) is 26.8. The molecular weight excluding hydrogens is 340 g/mol. The maximum atomic E-state index is 12.3. The molecule has 6 nitrogen and oxygen atoms in total. The fraction of sp³-hybridized carbons (Fsp3) is 0.600. The van der Waals surface area contributed by atoms with Crippen molar-refractivity contribution in [2.75, 3.05) is 17.3 Å². The zero-order valence-electron chi connectivity index (χ0n) is 12.8. The van der Waals surface area contributed by atoms with Gasteiger partial charge in [0.2, 0.25) is 0 Å². The van der Waals surface area contributed by atoms with Crippen LogP contribution in [-0.2, 0) is 40.7 Å². The van der Waals surface area contributed by atoms with E-state index in [-0.39, 0.29) is 28.9 Å². The first-order chi connectivity index (χ1) is 11.0. The molecule has 0 spiro atoms. The molecule has 2 aliphatic heterocycles. The third-order valence-electron chi connectivity index (χ3n) is 3.80. The van der Waals surface area contributed by atoms with Crippen LogP contribution in [0.3, 0.4) is 0 Å². The summed E-state index contributed by atoms with van der Waals surface area (Å²) in [4.78, 5) is 22.9. The highest BCUT2D eigenvalue weighted by atomic mass is 32.2. The number of carbonyl (C=O) groups is 2. The van der Waals surface area contributed by atoms with Crippen molar-refractivity contribution in [1.29, 1.82) is 0 Å². The molecule has 0 aromatic heterocycles. The number of ether oxygens (including phenoxy) is 2. The van der Waals surface area contributed by atoms with E-state index in [1.807, 2.05) is 0 Å². The number of cyclic esters (lactones) is 2. The second kappa shape index (κ2) is 8.54. The Morgan fingerprint density at radius 2 is 1.70 bits per heavy atom. The molecule has 0 bridgehead atoms. The minimum Gasteiger partial charge on any atom is -0.434 e. The van der Waals surface area contributed by atoms with E-state index < -0.39 is 27.5 Å². The molecule has 2 aliphatic rings. The van der Waals surface area contributed by atoms with Gasteiger partial charge in [0, 0.05) is 44.1 Å². The van der Waals surface area contributed by atoms with Crippen molar-refractivity contribution < 1.29 is 27.5 Å². The Morgan fingerprint density at radius 3 is 2.22 bits per heavy atom. The lowest BCUT2D eigenvalue weighted by atomic mass is 10.1. The zero-order chi connectivity index (χ0) is 16.8. The van der Waals surface area contributed by atoms with Crippen LogP contribution in [-0.4, -0.2) is 42.9 Å². The molecule has 128 valence electrons. The van der Waals surface area contributed by atoms with Gasteiger partial charge >= 0.3 is 11.9 Å². The van der Waals surface area contributed by atoms with Gasteiger partial charge in [0.1, 0.15) is 0 Å². The Labute approximate surface area is 140 Å². The van der Waals surface area contributed by atoms with E-state index in [9.17, 15) is 18.0 Å². The Kier molecular flexibility index (Phi) is 6.71. The molecule has 0 N–H and O–H groups in total. The van der Waals surface area contributed by atoms with E-state index in [4.69, 9.17) is 9.47 Å². The van der Waals surface area contributed by atoms with Crippen molar-refractivity contribution in [3.63, 3.8) is 0 Å². The minimum atomic E-state index is -1.21. The summed E-state index contributed by atoms with van der Waals surface area (Å²) in [6.07, 6.45) is 6.80. The topological polar surface area (TPSA) is 86.7 Å². The Bertz CT molecular complexity index is 568. The largest absolute Gasteiger partial charge is 0.434 e. The number of esters is 2. The summed E-state index contributed by atoms with van der Waals surface area (Å²) in [5.41, 5.74) is 0. The summed E-state index contributed by atoms with van der Waals surface area (Å²) in [5, 5.41) is -0.327. The molecule has 0 aromatic rings. The lowest BCUT2D eigenvalue weighted by molar-refractivity contribution is -0.139. The summed E-state index contributed by atoms with van der Waals surface area (Å²) < 4.78 is 33.9. The van der Waals surface area contributed by atoms with Crippen LogP contribution >= 0.6 is 0 Å². The van der Waals surface area contributed by atoms with Gasteiger partial charge in [0.25, 0.3) is 0 Å². The van der Waals surface area contributed by atoms with Gasteiger partial charge in [-0.05, 0) is 25.0 Å². The van der Waals surface area contributed by atoms with Crippen molar-refractivity contribution in [3.8, 4) is 0 Å². The second-order valence-electron chi connectivity index (χ2n) is 5.37. The van der Waals surface area contributed by atoms with E-state index in [1.165, 1.54) is 12.5 Å². The average Bonchev–Trinajstić information content (AvgIpc) is 3.12. The Balaban J connectivity index is 1.86. The summed E-state index contributed by atoms with van der Waals surface area (Å²) in [7, 11) is -2.35. The van der Waals surface area contributed by atoms with Gasteiger partial charge in [0.05, 0.1) is 24.4 Å². The van der Waals surface area contributed by atoms with Crippen LogP contribution < -0.4 is 0 Å². The van der Waals surface area contributed by atoms with Crippen molar-refractivity contribution in [2.45, 2.75) is 25.0 Å². The average molecular weight is 360 g/mol. The molecule has 0 saturated carbocycles. The SMILES string of the molecule is CCS(=O)C(CC1C=COC1=O)CS(=O)CCC1C=COC1=O. The predicted molar refractivity (Wildman–Crippen MR) is 87.0 cm³/mol. The first kappa shape index (κ1) is 18.1. The third kappa shape index (κ3) is 5.10. The molecule has 2 rings (SSSR count). The molecule has 2 heterocycles. The predicted octanol–water partition coefficient (Wildman–Crippen LogP) is 1.03. The van der Waals surface area contributed by atoms with Crippen LogP contribution in [0.1, 0.15) is 19.8 Å². The molecule has 5 atom stereocenters. The smallest absolute Gasteiger partial charge is 0.317 e. The highest BCUT2D eigenvalue weighted by molar-refractivity contribution is 7.89. The van der Waals surface area contributed by atoms with Gasteiger partial charge in [-0.1, -0.05) is 6.92 Å². The lowest BCUT2D eigenvalue weighted by Crippen LogP contribution is -2.29. The highest BCUT2D eigenvalue weighted by Gasteiger charge is 2.29. The van der Waals surface area contributed by atoms with Crippen LogP contribution in [0.2, 0.25) is 0 Å². The Morgan fingerprint density at radius 1 is 1.09 bits per heavy atom. The third-order valence-corrected chi connectivity index (χ3v) is 7.14. The van der Waals surface area contributed by atoms with E-state index in [0.29, 0.717) is 24.3 Å². The van der Waals surface area contributed by atoms with Gasteiger partial charge in [-0.2, -0.15) is 0 Å². The van der Waals surface area contributed by atoms with E-state index in [0.717, 1.165) is 0 Å². The molecule has 23 heavy (non-hydrogen) atoms. The number of hydrogen-bond donors (Lipinski definition) is 0. The summed E-state index contributed by atoms with van der Waals surface area (Å²) in [6.45, 7) is 1.80. The molecule has 0 fully saturated rings. The number of hydrogen-bond acceptors (Lipinski definition) is 6. The standard InChI is InChI=1S/C15H20O6S2/c1-2-23(19)13(9-12-4-7-21-15(12)17)10-22(18)8-5-11-3-6-20-14(11)16/h3-4,6-7,11-13H,2,5,8-10H2,1H3. The molecule has 0 aromatic carbocycles. The van der Waals surface area contributed by atoms with Crippen LogP contribution in [0.5, 0.6) is 0 Å². The molecule has 5 unspecified atom stereocenters. The monoisotopic (exact) mass is 360 g/mol. The van der Waals surface area contributed by atoms with Gasteiger partial charge < -0.3 is 9.47 Å². The van der Waals surface area contributed by atoms with Crippen molar-refractivity contribution in [1.82, 2.24) is 0 Å². The van der Waals surface area contributed by atoms with Gasteiger partial charge in [0.15, 0.2) is 0 Å². The minimum absolute atomic E-state index is 0.254. The van der Waals surface area contributed by atoms with Crippen LogP contribution in [0, 0.1) is 11.8 Å². The summed E-state index contributed by atoms with van der Waals surface area (Å²) in [5.74, 6) is -0.398. The maximum Gasteiger partial charge on any atom is 0.317 e. The van der Waals surface area contributed by atoms with Crippen LogP contribution in [0.4, 0.5) is 0 Å². The number of rotatable bonds is 9. The molecular formula is C15H20O6S2. The maximum absolute atomic E-state index is 12.3. The fourth-order valence-electron chi connectivity index (χ4n) is 2.44. The van der Waals surface area contributed by atoms with Crippen molar-refractivity contribution >= 4 is 33.5 Å². The molecule has 0 aliphatic carbocycles. The quantitative estimate of drug-likeness (QED) is 0.571. The highest BCUT2D eigenvalue weighted by Crippen LogP contribution is 2.21. The first-order valence-electron chi connectivity index (χ1n) is 7.47. The van der Waals surface area contributed by atoms with Crippen molar-refractivity contribution in [2.24, 2.45) is 11.8 Å². The van der Waals surface area contributed by atoms with E-state index in [2.05, 4.69) is 0 Å². The van der Waals surface area contributed by atoms with E-state index in [1.54, 1.807) is 19.1 Å². The van der Waals surface area contributed by atoms with Gasteiger partial charge in [-0.15, -0.1) is 0 Å². The number of carbonyl (C=O) groups excluding carboxylic acids is 2. The molecule has 0 saturated heterocycles. The lowest BCUT2D eigenvalue weighted by Gasteiger charge is -2.17. The molecule has 0 radical (unpaired) electrons. The fourth-order valence-corrected chi connectivity index (χ4v) is 5.63. The first-order valence-corrected chi connectivity index (χ1v) is 10.3. The van der Waals surface area contributed by atoms with E-state index >= 15 is 0 Å². The Hall–Kier alpha value is -1.28. The second-order valence-corrected chi connectivity index (χ2v) is 9.00. The van der Waals surface area contributed by atoms with Crippen LogP contribution in [0.25, 0.3) is 0 Å². The molecule has 8 heteroatoms. The van der Waals surface area contributed by atoms with Crippen LogP contribution in [0.15, 0.2) is 24.7 Å². The summed E-state index contributed by atoms with van der Waals surface area (Å²) in [6, 6.07) is 0.